The van der Waals surface area contributed by atoms with Crippen molar-refractivity contribution in [3.63, 3.8) is 0 Å². The first-order valence-corrected chi connectivity index (χ1v) is 6.52. The zero-order valence-corrected chi connectivity index (χ0v) is 10.4. The molecule has 1 heterocycles. The van der Waals surface area contributed by atoms with Crippen LogP contribution < -0.4 is 0 Å². The van der Waals surface area contributed by atoms with Crippen molar-refractivity contribution in [3.05, 3.63) is 18.0 Å². The summed E-state index contributed by atoms with van der Waals surface area (Å²) in [5.74, 6) is -0.271. The van der Waals surface area contributed by atoms with Crippen LogP contribution in [-0.2, 0) is 4.74 Å². The molecule has 0 aromatic carbocycles. The molecule has 0 amide bonds. The Labute approximate surface area is 102 Å². The van der Waals surface area contributed by atoms with Crippen LogP contribution in [0.4, 0.5) is 0 Å². The van der Waals surface area contributed by atoms with Crippen LogP contribution in [0.25, 0.3) is 0 Å². The molecular weight excluding hydrogens is 216 g/mol. The van der Waals surface area contributed by atoms with Crippen LogP contribution in [0, 0.1) is 0 Å². The van der Waals surface area contributed by atoms with Gasteiger partial charge in [0.15, 0.2) is 0 Å². The smallest absolute Gasteiger partial charge is 0.341 e. The van der Waals surface area contributed by atoms with Crippen molar-refractivity contribution in [2.45, 2.75) is 51.5 Å². The maximum atomic E-state index is 11.5. The topological polar surface area (TPSA) is 44.1 Å². The summed E-state index contributed by atoms with van der Waals surface area (Å²) < 4.78 is 6.90. The zero-order valence-electron chi connectivity index (χ0n) is 10.4. The van der Waals surface area contributed by atoms with E-state index in [9.17, 15) is 4.79 Å². The van der Waals surface area contributed by atoms with Crippen LogP contribution in [0.15, 0.2) is 12.4 Å². The number of esters is 1. The Bertz CT molecular complexity index is 365. The fourth-order valence-corrected chi connectivity index (χ4v) is 2.38. The lowest BCUT2D eigenvalue weighted by Crippen LogP contribution is -2.09. The predicted octanol–water partition coefficient (Wildman–Crippen LogP) is 2.96. The van der Waals surface area contributed by atoms with Crippen molar-refractivity contribution in [3.8, 4) is 0 Å². The third-order valence-electron chi connectivity index (χ3n) is 3.31. The Morgan fingerprint density at radius 3 is 2.76 bits per heavy atom. The number of nitrogens with zero attached hydrogens (tertiary/aromatic N) is 2. The summed E-state index contributed by atoms with van der Waals surface area (Å²) in [7, 11) is 0. The molecule has 1 aliphatic carbocycles. The molecule has 0 saturated heterocycles. The second-order valence-electron chi connectivity index (χ2n) is 4.57. The number of carbonyl (C=O) groups excluding carboxylic acids is 1. The maximum Gasteiger partial charge on any atom is 0.341 e. The molecule has 1 aromatic heterocycles. The Hall–Kier alpha value is -1.32. The fourth-order valence-electron chi connectivity index (χ4n) is 2.38. The summed E-state index contributed by atoms with van der Waals surface area (Å²) in [6, 6.07) is 0.459. The number of hydrogen-bond acceptors (Lipinski definition) is 3. The molecule has 0 spiro atoms. The predicted molar refractivity (Wildman–Crippen MR) is 64.9 cm³/mol. The molecule has 0 bridgehead atoms. The molecule has 1 aliphatic rings. The van der Waals surface area contributed by atoms with E-state index in [0.29, 0.717) is 18.2 Å². The quantitative estimate of drug-likeness (QED) is 0.598. The molecule has 2 rings (SSSR count). The molecule has 0 aliphatic heterocycles. The highest BCUT2D eigenvalue weighted by molar-refractivity contribution is 5.88. The van der Waals surface area contributed by atoms with Gasteiger partial charge in [0.05, 0.1) is 24.4 Å². The molecule has 1 fully saturated rings. The van der Waals surface area contributed by atoms with Crippen LogP contribution >= 0.6 is 0 Å². The Kier molecular flexibility index (Phi) is 4.18. The minimum Gasteiger partial charge on any atom is -0.462 e. The first-order valence-electron chi connectivity index (χ1n) is 6.52. The minimum atomic E-state index is -0.271. The molecule has 17 heavy (non-hydrogen) atoms. The Balaban J connectivity index is 2.03. The molecule has 0 N–H and O–H groups in total. The van der Waals surface area contributed by atoms with E-state index in [-0.39, 0.29) is 5.97 Å². The maximum absolute atomic E-state index is 11.5. The SMILES string of the molecule is CCOC(=O)c1cnn(C2CCCCCC2)c1. The monoisotopic (exact) mass is 236 g/mol. The van der Waals surface area contributed by atoms with E-state index in [4.69, 9.17) is 4.74 Å². The number of rotatable bonds is 3. The van der Waals surface area contributed by atoms with Gasteiger partial charge in [0, 0.05) is 6.20 Å². The van der Waals surface area contributed by atoms with Gasteiger partial charge >= 0.3 is 5.97 Å². The lowest BCUT2D eigenvalue weighted by molar-refractivity contribution is 0.0526. The summed E-state index contributed by atoms with van der Waals surface area (Å²) in [5.41, 5.74) is 0.566. The van der Waals surface area contributed by atoms with E-state index in [1.807, 2.05) is 17.8 Å². The standard InChI is InChI=1S/C13H20N2O2/c1-2-17-13(16)11-9-14-15(10-11)12-7-5-3-4-6-8-12/h9-10,12H,2-8H2,1H3. The molecular formula is C13H20N2O2. The summed E-state index contributed by atoms with van der Waals surface area (Å²) in [4.78, 5) is 11.5. The number of carbonyl (C=O) groups is 1. The average Bonchev–Trinajstić information content (AvgIpc) is 2.66. The van der Waals surface area contributed by atoms with E-state index < -0.39 is 0 Å². The fraction of sp³-hybridized carbons (Fsp3) is 0.692. The van der Waals surface area contributed by atoms with Crippen molar-refractivity contribution < 1.29 is 9.53 Å². The highest BCUT2D eigenvalue weighted by Gasteiger charge is 2.17. The summed E-state index contributed by atoms with van der Waals surface area (Å²) in [5, 5.41) is 4.30. The minimum absolute atomic E-state index is 0.271. The summed E-state index contributed by atoms with van der Waals surface area (Å²) >= 11 is 0. The molecule has 0 atom stereocenters. The van der Waals surface area contributed by atoms with Gasteiger partial charge in [0.25, 0.3) is 0 Å². The van der Waals surface area contributed by atoms with E-state index in [2.05, 4.69) is 5.10 Å². The summed E-state index contributed by atoms with van der Waals surface area (Å²) in [6.45, 7) is 2.22. The molecule has 0 radical (unpaired) electrons. The van der Waals surface area contributed by atoms with Crippen LogP contribution in [0.3, 0.4) is 0 Å². The first-order chi connectivity index (χ1) is 8.31. The van der Waals surface area contributed by atoms with Crippen LogP contribution in [0.5, 0.6) is 0 Å². The molecule has 1 aromatic rings. The van der Waals surface area contributed by atoms with Gasteiger partial charge in [-0.05, 0) is 19.8 Å². The number of ether oxygens (including phenoxy) is 1. The average molecular weight is 236 g/mol. The van der Waals surface area contributed by atoms with Gasteiger partial charge in [-0.15, -0.1) is 0 Å². The summed E-state index contributed by atoms with van der Waals surface area (Å²) in [6.07, 6.45) is 11.0. The largest absolute Gasteiger partial charge is 0.462 e. The van der Waals surface area contributed by atoms with Crippen LogP contribution in [0.2, 0.25) is 0 Å². The second-order valence-corrected chi connectivity index (χ2v) is 4.57. The molecule has 4 heteroatoms. The van der Waals surface area contributed by atoms with Crippen molar-refractivity contribution in [1.82, 2.24) is 9.78 Å². The highest BCUT2D eigenvalue weighted by atomic mass is 16.5. The van der Waals surface area contributed by atoms with Gasteiger partial charge in [-0.3, -0.25) is 4.68 Å². The van der Waals surface area contributed by atoms with Crippen molar-refractivity contribution in [1.29, 1.82) is 0 Å². The molecule has 4 nitrogen and oxygen atoms in total. The van der Waals surface area contributed by atoms with Crippen molar-refractivity contribution in [2.24, 2.45) is 0 Å². The van der Waals surface area contributed by atoms with Gasteiger partial charge < -0.3 is 4.74 Å². The van der Waals surface area contributed by atoms with Gasteiger partial charge in [-0.25, -0.2) is 4.79 Å². The molecule has 0 unspecified atom stereocenters. The highest BCUT2D eigenvalue weighted by Crippen LogP contribution is 2.26. The van der Waals surface area contributed by atoms with E-state index in [0.717, 1.165) is 0 Å². The lowest BCUT2D eigenvalue weighted by atomic mass is 10.1. The van der Waals surface area contributed by atoms with E-state index in [1.54, 1.807) is 6.20 Å². The van der Waals surface area contributed by atoms with E-state index in [1.165, 1.54) is 38.5 Å². The Morgan fingerprint density at radius 2 is 2.12 bits per heavy atom. The third-order valence-corrected chi connectivity index (χ3v) is 3.31. The lowest BCUT2D eigenvalue weighted by Gasteiger charge is -2.13. The van der Waals surface area contributed by atoms with Crippen molar-refractivity contribution in [2.75, 3.05) is 6.61 Å². The third kappa shape index (κ3) is 3.08. The van der Waals surface area contributed by atoms with E-state index >= 15 is 0 Å². The number of hydrogen-bond donors (Lipinski definition) is 0. The zero-order chi connectivity index (χ0) is 12.1. The molecule has 94 valence electrons. The number of aromatic nitrogens is 2. The van der Waals surface area contributed by atoms with Gasteiger partial charge in [-0.2, -0.15) is 5.10 Å². The van der Waals surface area contributed by atoms with Crippen LogP contribution in [-0.4, -0.2) is 22.4 Å². The Morgan fingerprint density at radius 1 is 1.41 bits per heavy atom. The van der Waals surface area contributed by atoms with Gasteiger partial charge in [0.1, 0.15) is 0 Å². The second kappa shape index (κ2) is 5.84. The van der Waals surface area contributed by atoms with Crippen molar-refractivity contribution >= 4 is 5.97 Å². The first kappa shape index (κ1) is 12.1. The molecule has 1 saturated carbocycles. The van der Waals surface area contributed by atoms with Gasteiger partial charge in [-0.1, -0.05) is 25.7 Å². The normalized spacial score (nSPS) is 17.7. The van der Waals surface area contributed by atoms with Crippen LogP contribution in [0.1, 0.15) is 61.8 Å². The van der Waals surface area contributed by atoms with Gasteiger partial charge in [0.2, 0.25) is 0 Å².